The summed E-state index contributed by atoms with van der Waals surface area (Å²) in [4.78, 5) is 51.8. The van der Waals surface area contributed by atoms with Crippen LogP contribution >= 0.6 is 39.1 Å². The summed E-state index contributed by atoms with van der Waals surface area (Å²) in [7, 11) is 0. The van der Waals surface area contributed by atoms with Crippen molar-refractivity contribution in [2.45, 2.75) is 30.5 Å². The van der Waals surface area contributed by atoms with Crippen LogP contribution in [0.3, 0.4) is 0 Å². The Morgan fingerprint density at radius 1 is 1.06 bits per heavy atom. The summed E-state index contributed by atoms with van der Waals surface area (Å²) in [6, 6.07) is 11.4. The number of imide groups is 1. The van der Waals surface area contributed by atoms with Crippen LogP contribution in [0, 0.1) is 18.8 Å². The standard InChI is InChI=1S/C24H21BrCl2N2O5/c1-12-7-14(25)5-6-20(12)28-21(30)11-34-24(33)13-3-2-4-15(8-13)29-22(31)16-9-18(26)19(27)10-17(16)23(29)32/h2-8,16-19H,9-11H2,1H3,(H,28,30)/t16-,17-,18-,19+/m1/s1. The lowest BCUT2D eigenvalue weighted by atomic mass is 9.80. The Morgan fingerprint density at radius 2 is 1.71 bits per heavy atom. The largest absolute Gasteiger partial charge is 0.452 e. The van der Waals surface area contributed by atoms with E-state index in [2.05, 4.69) is 21.2 Å². The second kappa shape index (κ2) is 10.1. The maximum absolute atomic E-state index is 13.0. The van der Waals surface area contributed by atoms with E-state index in [0.29, 0.717) is 18.5 Å². The highest BCUT2D eigenvalue weighted by Crippen LogP contribution is 2.43. The molecule has 0 aromatic heterocycles. The first-order valence-corrected chi connectivity index (χ1v) is 12.3. The van der Waals surface area contributed by atoms with Crippen molar-refractivity contribution < 1.29 is 23.9 Å². The van der Waals surface area contributed by atoms with Crippen molar-refractivity contribution in [3.8, 4) is 0 Å². The van der Waals surface area contributed by atoms with Crippen LogP contribution in [0.5, 0.6) is 0 Å². The number of carbonyl (C=O) groups is 4. The average Bonchev–Trinajstić information content (AvgIpc) is 3.03. The Kier molecular flexibility index (Phi) is 7.31. The molecule has 0 bridgehead atoms. The van der Waals surface area contributed by atoms with Crippen molar-refractivity contribution in [1.29, 1.82) is 0 Å². The van der Waals surface area contributed by atoms with Crippen molar-refractivity contribution in [1.82, 2.24) is 0 Å². The maximum Gasteiger partial charge on any atom is 0.338 e. The molecule has 2 fully saturated rings. The minimum atomic E-state index is -0.748. The number of benzene rings is 2. The van der Waals surface area contributed by atoms with E-state index in [4.69, 9.17) is 27.9 Å². The van der Waals surface area contributed by atoms with Gasteiger partial charge in [0, 0.05) is 10.2 Å². The van der Waals surface area contributed by atoms with Gasteiger partial charge in [0.1, 0.15) is 0 Å². The molecule has 1 saturated carbocycles. The molecule has 0 spiro atoms. The third-order valence-corrected chi connectivity index (χ3v) is 7.64. The van der Waals surface area contributed by atoms with E-state index in [1.807, 2.05) is 13.0 Å². The summed E-state index contributed by atoms with van der Waals surface area (Å²) in [5.41, 5.74) is 1.84. The van der Waals surface area contributed by atoms with Crippen molar-refractivity contribution >= 4 is 74.2 Å². The Morgan fingerprint density at radius 3 is 2.32 bits per heavy atom. The molecule has 1 aliphatic carbocycles. The molecule has 2 aromatic rings. The molecule has 7 nitrogen and oxygen atoms in total. The van der Waals surface area contributed by atoms with Gasteiger partial charge in [0.15, 0.2) is 6.61 Å². The van der Waals surface area contributed by atoms with Gasteiger partial charge in [0.05, 0.1) is 33.8 Å². The lowest BCUT2D eigenvalue weighted by Gasteiger charge is -2.28. The molecule has 4 rings (SSSR count). The Bertz CT molecular complexity index is 1150. The number of hydrogen-bond acceptors (Lipinski definition) is 5. The Balaban J connectivity index is 1.42. The Labute approximate surface area is 214 Å². The number of nitrogens with one attached hydrogen (secondary N) is 1. The van der Waals surface area contributed by atoms with E-state index in [1.54, 1.807) is 24.3 Å². The zero-order valence-corrected chi connectivity index (χ0v) is 21.2. The van der Waals surface area contributed by atoms with Crippen molar-refractivity contribution in [2.24, 2.45) is 11.8 Å². The minimum absolute atomic E-state index is 0.117. The Hall–Kier alpha value is -2.42. The summed E-state index contributed by atoms with van der Waals surface area (Å²) in [5, 5.41) is 1.93. The molecule has 1 aliphatic heterocycles. The number of hydrogen-bond donors (Lipinski definition) is 1. The van der Waals surface area contributed by atoms with E-state index in [9.17, 15) is 19.2 Å². The molecule has 2 aliphatic rings. The molecule has 178 valence electrons. The summed E-state index contributed by atoms with van der Waals surface area (Å²) >= 11 is 15.8. The lowest BCUT2D eigenvalue weighted by Crippen LogP contribution is -2.34. The second-order valence-electron chi connectivity index (χ2n) is 8.36. The van der Waals surface area contributed by atoms with Gasteiger partial charge in [0.25, 0.3) is 5.91 Å². The maximum atomic E-state index is 13.0. The van der Waals surface area contributed by atoms with Gasteiger partial charge in [0.2, 0.25) is 11.8 Å². The van der Waals surface area contributed by atoms with E-state index in [0.717, 1.165) is 14.9 Å². The van der Waals surface area contributed by atoms with Crippen LogP contribution < -0.4 is 10.2 Å². The predicted octanol–water partition coefficient (Wildman–Crippen LogP) is 4.67. The second-order valence-corrected chi connectivity index (χ2v) is 10.4. The van der Waals surface area contributed by atoms with Crippen molar-refractivity contribution in [2.75, 3.05) is 16.8 Å². The van der Waals surface area contributed by atoms with Gasteiger partial charge in [-0.3, -0.25) is 19.3 Å². The molecule has 0 unspecified atom stereocenters. The molecular weight excluding hydrogens is 547 g/mol. The van der Waals surface area contributed by atoms with Crippen LogP contribution in [0.15, 0.2) is 46.9 Å². The fourth-order valence-corrected chi connectivity index (χ4v) is 5.35. The summed E-state index contributed by atoms with van der Waals surface area (Å²) in [6.45, 7) is 1.36. The molecule has 10 heteroatoms. The monoisotopic (exact) mass is 566 g/mol. The van der Waals surface area contributed by atoms with Gasteiger partial charge in [-0.15, -0.1) is 23.2 Å². The van der Waals surface area contributed by atoms with Crippen LogP contribution in [-0.2, 0) is 19.1 Å². The van der Waals surface area contributed by atoms with Crippen LogP contribution in [-0.4, -0.2) is 41.1 Å². The van der Waals surface area contributed by atoms with Crippen LogP contribution in [0.4, 0.5) is 11.4 Å². The molecular formula is C24H21BrCl2N2O5. The van der Waals surface area contributed by atoms with Gasteiger partial charge in [-0.25, -0.2) is 4.79 Å². The van der Waals surface area contributed by atoms with Crippen LogP contribution in [0.1, 0.15) is 28.8 Å². The number of nitrogens with zero attached hydrogens (tertiary/aromatic N) is 1. The van der Waals surface area contributed by atoms with Gasteiger partial charge >= 0.3 is 5.97 Å². The van der Waals surface area contributed by atoms with E-state index >= 15 is 0 Å². The summed E-state index contributed by atoms with van der Waals surface area (Å²) < 4.78 is 6.02. The first-order chi connectivity index (χ1) is 16.2. The number of alkyl halides is 2. The molecule has 34 heavy (non-hydrogen) atoms. The molecule has 1 N–H and O–H groups in total. The molecule has 1 saturated heterocycles. The fourth-order valence-electron chi connectivity index (χ4n) is 4.29. The number of amides is 3. The number of aryl methyl sites for hydroxylation is 1. The van der Waals surface area contributed by atoms with Gasteiger partial charge < -0.3 is 10.1 Å². The first-order valence-electron chi connectivity index (χ1n) is 10.6. The molecule has 4 atom stereocenters. The molecule has 0 radical (unpaired) electrons. The van der Waals surface area contributed by atoms with Crippen molar-refractivity contribution in [3.63, 3.8) is 0 Å². The van der Waals surface area contributed by atoms with Gasteiger partial charge in [-0.1, -0.05) is 22.0 Å². The zero-order chi connectivity index (χ0) is 24.6. The number of fused-ring (bicyclic) bond motifs is 1. The fraction of sp³-hybridized carbons (Fsp3) is 0.333. The summed E-state index contributed by atoms with van der Waals surface area (Å²) in [5.74, 6) is -2.98. The number of esters is 1. The van der Waals surface area contributed by atoms with Crippen LogP contribution in [0.25, 0.3) is 0 Å². The third-order valence-electron chi connectivity index (χ3n) is 6.05. The van der Waals surface area contributed by atoms with E-state index in [1.165, 1.54) is 12.1 Å². The molecule has 2 aromatic carbocycles. The number of carbonyl (C=O) groups excluding carboxylic acids is 4. The first kappa shape index (κ1) is 24.7. The molecule has 3 amide bonds. The number of anilines is 2. The van der Waals surface area contributed by atoms with Gasteiger partial charge in [-0.05, 0) is 61.7 Å². The number of ether oxygens (including phenoxy) is 1. The van der Waals surface area contributed by atoms with E-state index < -0.39 is 30.3 Å². The minimum Gasteiger partial charge on any atom is -0.452 e. The highest BCUT2D eigenvalue weighted by Gasteiger charge is 2.52. The highest BCUT2D eigenvalue weighted by atomic mass is 79.9. The zero-order valence-electron chi connectivity index (χ0n) is 18.1. The normalized spacial score (nSPS) is 24.1. The topological polar surface area (TPSA) is 92.8 Å². The summed E-state index contributed by atoms with van der Waals surface area (Å²) in [6.07, 6.45) is 0.659. The quantitative estimate of drug-likeness (QED) is 0.322. The van der Waals surface area contributed by atoms with Crippen molar-refractivity contribution in [3.05, 3.63) is 58.1 Å². The van der Waals surface area contributed by atoms with E-state index in [-0.39, 0.29) is 33.8 Å². The molecule has 1 heterocycles. The lowest BCUT2D eigenvalue weighted by molar-refractivity contribution is -0.122. The number of rotatable bonds is 5. The smallest absolute Gasteiger partial charge is 0.338 e. The van der Waals surface area contributed by atoms with Gasteiger partial charge in [-0.2, -0.15) is 0 Å². The SMILES string of the molecule is Cc1cc(Br)ccc1NC(=O)COC(=O)c1cccc(N2C(=O)[C@@H]3C[C@@H](Cl)[C@@H](Cl)C[C@H]3C2=O)c1. The number of halogens is 3. The average molecular weight is 568 g/mol. The van der Waals surface area contributed by atoms with Crippen LogP contribution in [0.2, 0.25) is 0 Å². The highest BCUT2D eigenvalue weighted by molar-refractivity contribution is 9.10. The third kappa shape index (κ3) is 4.99. The predicted molar refractivity (Wildman–Crippen MR) is 132 cm³/mol.